The molecule has 3 rings (SSSR count). The summed E-state index contributed by atoms with van der Waals surface area (Å²) in [5, 5.41) is 9.34. The van der Waals surface area contributed by atoms with E-state index in [0.29, 0.717) is 17.1 Å². The van der Waals surface area contributed by atoms with Gasteiger partial charge in [-0.1, -0.05) is 18.7 Å². The van der Waals surface area contributed by atoms with Crippen LogP contribution in [-0.4, -0.2) is 45.5 Å². The molecule has 0 aliphatic heterocycles. The van der Waals surface area contributed by atoms with Gasteiger partial charge in [0.2, 0.25) is 0 Å². The molecule has 2 heterocycles. The average molecular weight is 398 g/mol. The Kier molecular flexibility index (Phi) is 6.65. The highest BCUT2D eigenvalue weighted by Crippen LogP contribution is 2.29. The molecule has 0 aliphatic carbocycles. The van der Waals surface area contributed by atoms with Crippen molar-refractivity contribution in [3.63, 3.8) is 0 Å². The zero-order valence-electron chi connectivity index (χ0n) is 16.1. The number of nitrogens with zero attached hydrogens (tertiary/aromatic N) is 4. The van der Waals surface area contributed by atoms with Crippen LogP contribution in [0.3, 0.4) is 0 Å². The van der Waals surface area contributed by atoms with Gasteiger partial charge in [-0.25, -0.2) is 0 Å². The van der Waals surface area contributed by atoms with Gasteiger partial charge in [-0.2, -0.15) is 0 Å². The van der Waals surface area contributed by atoms with Crippen LogP contribution in [0.2, 0.25) is 0 Å². The van der Waals surface area contributed by atoms with Crippen molar-refractivity contribution in [1.29, 1.82) is 0 Å². The van der Waals surface area contributed by atoms with Gasteiger partial charge in [-0.15, -0.1) is 10.2 Å². The number of Topliss-reactive ketones (excluding diaryl/α,β-unsaturated/α-hetero) is 1. The first-order valence-corrected chi connectivity index (χ1v) is 9.88. The van der Waals surface area contributed by atoms with Gasteiger partial charge >= 0.3 is 0 Å². The van der Waals surface area contributed by atoms with Gasteiger partial charge < -0.3 is 14.0 Å². The highest BCUT2D eigenvalue weighted by atomic mass is 32.2. The van der Waals surface area contributed by atoms with Crippen LogP contribution >= 0.6 is 11.8 Å². The number of aromatic nitrogens is 4. The first-order chi connectivity index (χ1) is 13.7. The fourth-order valence-electron chi connectivity index (χ4n) is 2.76. The van der Waals surface area contributed by atoms with Crippen molar-refractivity contribution in [1.82, 2.24) is 19.7 Å². The number of benzene rings is 1. The molecule has 146 valence electrons. The lowest BCUT2D eigenvalue weighted by molar-refractivity contribution is 0.102. The van der Waals surface area contributed by atoms with Gasteiger partial charge in [0.25, 0.3) is 0 Å². The van der Waals surface area contributed by atoms with E-state index in [1.165, 1.54) is 11.8 Å². The van der Waals surface area contributed by atoms with Crippen LogP contribution in [0, 0.1) is 0 Å². The molecule has 8 heteroatoms. The molecule has 28 heavy (non-hydrogen) atoms. The van der Waals surface area contributed by atoms with E-state index in [4.69, 9.17) is 9.47 Å². The number of carbonyl (C=O) groups excluding carboxylic acids is 1. The van der Waals surface area contributed by atoms with Crippen LogP contribution in [0.4, 0.5) is 0 Å². The van der Waals surface area contributed by atoms with Crippen LogP contribution in [0.25, 0.3) is 11.4 Å². The van der Waals surface area contributed by atoms with Crippen LogP contribution in [0.15, 0.2) is 47.9 Å². The summed E-state index contributed by atoms with van der Waals surface area (Å²) in [5.74, 6) is 2.16. The summed E-state index contributed by atoms with van der Waals surface area (Å²) in [7, 11) is 3.12. The predicted molar refractivity (Wildman–Crippen MR) is 108 cm³/mol. The molecular weight excluding hydrogens is 376 g/mol. The number of pyridine rings is 1. The third kappa shape index (κ3) is 4.33. The second-order valence-corrected chi connectivity index (χ2v) is 6.92. The second-order valence-electron chi connectivity index (χ2n) is 5.98. The number of thioether (sulfide) groups is 1. The molecule has 1 aromatic carbocycles. The van der Waals surface area contributed by atoms with Crippen molar-refractivity contribution >= 4 is 17.5 Å². The number of carbonyl (C=O) groups is 1. The second kappa shape index (κ2) is 9.36. The minimum Gasteiger partial charge on any atom is -0.493 e. The van der Waals surface area contributed by atoms with E-state index in [0.717, 1.165) is 29.5 Å². The largest absolute Gasteiger partial charge is 0.493 e. The van der Waals surface area contributed by atoms with E-state index in [-0.39, 0.29) is 11.5 Å². The Balaban J connectivity index is 1.77. The van der Waals surface area contributed by atoms with Crippen molar-refractivity contribution in [2.75, 3.05) is 20.0 Å². The zero-order valence-corrected chi connectivity index (χ0v) is 16.9. The quantitative estimate of drug-likeness (QED) is 0.401. The molecule has 0 N–H and O–H groups in total. The number of ether oxygens (including phenoxy) is 2. The number of rotatable bonds is 9. The van der Waals surface area contributed by atoms with Crippen molar-refractivity contribution in [3.05, 3.63) is 48.3 Å². The molecule has 0 fully saturated rings. The molecule has 0 unspecified atom stereocenters. The van der Waals surface area contributed by atoms with Gasteiger partial charge in [-0.3, -0.25) is 9.78 Å². The smallest absolute Gasteiger partial charge is 0.191 e. The monoisotopic (exact) mass is 398 g/mol. The molecule has 7 nitrogen and oxygen atoms in total. The molecule has 0 atom stereocenters. The molecular formula is C20H22N4O3S. The highest BCUT2D eigenvalue weighted by molar-refractivity contribution is 7.99. The molecule has 3 aromatic rings. The SMILES string of the molecule is CCCn1c(SCC(=O)c2ccc(OC)c(OC)c2)nnc1-c1ccncc1. The third-order valence-corrected chi connectivity index (χ3v) is 5.11. The first kappa shape index (κ1) is 19.9. The average Bonchev–Trinajstić information content (AvgIpc) is 3.15. The summed E-state index contributed by atoms with van der Waals surface area (Å²) in [6.07, 6.45) is 4.40. The summed E-state index contributed by atoms with van der Waals surface area (Å²) in [6.45, 7) is 2.87. The van der Waals surface area contributed by atoms with Crippen LogP contribution in [0.5, 0.6) is 11.5 Å². The van der Waals surface area contributed by atoms with Gasteiger partial charge in [0.15, 0.2) is 28.3 Å². The van der Waals surface area contributed by atoms with Gasteiger partial charge in [0, 0.05) is 30.1 Å². The van der Waals surface area contributed by atoms with E-state index in [9.17, 15) is 4.79 Å². The Bertz CT molecular complexity index is 944. The first-order valence-electron chi connectivity index (χ1n) is 8.89. The fraction of sp³-hybridized carbons (Fsp3) is 0.300. The lowest BCUT2D eigenvalue weighted by Crippen LogP contribution is -2.06. The maximum absolute atomic E-state index is 12.6. The fourth-order valence-corrected chi connectivity index (χ4v) is 3.62. The minimum atomic E-state index is -0.0116. The lowest BCUT2D eigenvalue weighted by atomic mass is 10.1. The molecule has 0 spiro atoms. The van der Waals surface area contributed by atoms with Crippen LogP contribution in [-0.2, 0) is 6.54 Å². The molecule has 2 aromatic heterocycles. The van der Waals surface area contributed by atoms with Crippen LogP contribution < -0.4 is 9.47 Å². The lowest BCUT2D eigenvalue weighted by Gasteiger charge is -2.10. The van der Waals surface area contributed by atoms with Gasteiger partial charge in [-0.05, 0) is 36.8 Å². The van der Waals surface area contributed by atoms with Crippen molar-refractivity contribution in [2.45, 2.75) is 25.0 Å². The van der Waals surface area contributed by atoms with Crippen molar-refractivity contribution in [3.8, 4) is 22.9 Å². The molecule has 0 saturated heterocycles. The number of methoxy groups -OCH3 is 2. The topological polar surface area (TPSA) is 79.1 Å². The van der Waals surface area contributed by atoms with E-state index in [1.54, 1.807) is 44.8 Å². The van der Waals surface area contributed by atoms with Crippen LogP contribution in [0.1, 0.15) is 23.7 Å². The Morgan fingerprint density at radius 2 is 1.82 bits per heavy atom. The zero-order chi connectivity index (χ0) is 19.9. The van der Waals surface area contributed by atoms with E-state index in [2.05, 4.69) is 22.1 Å². The van der Waals surface area contributed by atoms with Crippen molar-refractivity contribution in [2.24, 2.45) is 0 Å². The summed E-state index contributed by atoms with van der Waals surface area (Å²) in [4.78, 5) is 16.7. The minimum absolute atomic E-state index is 0.0116. The molecule has 0 radical (unpaired) electrons. The Morgan fingerprint density at radius 1 is 1.07 bits per heavy atom. The Morgan fingerprint density at radius 3 is 2.50 bits per heavy atom. The molecule has 0 amide bonds. The summed E-state index contributed by atoms with van der Waals surface area (Å²) < 4.78 is 12.5. The standard InChI is InChI=1S/C20H22N4O3S/c1-4-11-24-19(14-7-9-21-10-8-14)22-23-20(24)28-13-16(25)15-5-6-17(26-2)18(12-15)27-3/h5-10,12H,4,11,13H2,1-3H3. The van der Waals surface area contributed by atoms with Crippen molar-refractivity contribution < 1.29 is 14.3 Å². The van der Waals surface area contributed by atoms with E-state index < -0.39 is 0 Å². The highest BCUT2D eigenvalue weighted by Gasteiger charge is 2.17. The number of hydrogen-bond acceptors (Lipinski definition) is 7. The van der Waals surface area contributed by atoms with Gasteiger partial charge in [0.05, 0.1) is 20.0 Å². The van der Waals surface area contributed by atoms with Gasteiger partial charge in [0.1, 0.15) is 0 Å². The Labute approximate surface area is 168 Å². The van der Waals surface area contributed by atoms with E-state index in [1.807, 2.05) is 16.7 Å². The summed E-state index contributed by atoms with van der Waals surface area (Å²) in [6, 6.07) is 8.97. The maximum Gasteiger partial charge on any atom is 0.191 e. The molecule has 0 bridgehead atoms. The van der Waals surface area contributed by atoms with E-state index >= 15 is 0 Å². The molecule has 0 saturated carbocycles. The third-order valence-electron chi connectivity index (χ3n) is 4.14. The molecule has 0 aliphatic rings. The normalized spacial score (nSPS) is 10.7. The predicted octanol–water partition coefficient (Wildman–Crippen LogP) is 3.74. The summed E-state index contributed by atoms with van der Waals surface area (Å²) >= 11 is 1.38. The maximum atomic E-state index is 12.6. The number of ketones is 1. The Hall–Kier alpha value is -2.87. The summed E-state index contributed by atoms with van der Waals surface area (Å²) in [5.41, 5.74) is 1.52. The number of hydrogen-bond donors (Lipinski definition) is 0.